The standard InChI is InChI=1S/C11H6ClN3S/c12-10-4-3-9(16-10)11-14-6-8-7(15-11)2-1-5-13-8/h1-6H. The van der Waals surface area contributed by atoms with Gasteiger partial charge < -0.3 is 0 Å². The number of rotatable bonds is 1. The third-order valence-electron chi connectivity index (χ3n) is 2.15. The molecule has 16 heavy (non-hydrogen) atoms. The Bertz CT molecular complexity index is 650. The van der Waals surface area contributed by atoms with Crippen molar-refractivity contribution < 1.29 is 0 Å². The van der Waals surface area contributed by atoms with Gasteiger partial charge in [-0.3, -0.25) is 4.98 Å². The molecule has 3 rings (SSSR count). The van der Waals surface area contributed by atoms with E-state index in [-0.39, 0.29) is 0 Å². The van der Waals surface area contributed by atoms with Gasteiger partial charge in [0, 0.05) is 6.20 Å². The minimum atomic E-state index is 0.692. The number of halogens is 1. The summed E-state index contributed by atoms with van der Waals surface area (Å²) in [6.45, 7) is 0. The van der Waals surface area contributed by atoms with Crippen molar-refractivity contribution in [3.05, 3.63) is 41.0 Å². The molecule has 0 amide bonds. The molecule has 0 N–H and O–H groups in total. The maximum absolute atomic E-state index is 5.88. The topological polar surface area (TPSA) is 38.7 Å². The second-order valence-corrected chi connectivity index (χ2v) is 4.92. The molecule has 3 aromatic rings. The van der Waals surface area contributed by atoms with Crippen molar-refractivity contribution >= 4 is 34.0 Å². The number of hydrogen-bond acceptors (Lipinski definition) is 4. The monoisotopic (exact) mass is 247 g/mol. The van der Waals surface area contributed by atoms with Gasteiger partial charge in [0.05, 0.1) is 20.9 Å². The number of nitrogens with zero attached hydrogens (tertiary/aromatic N) is 3. The van der Waals surface area contributed by atoms with Crippen LogP contribution in [0.3, 0.4) is 0 Å². The summed E-state index contributed by atoms with van der Waals surface area (Å²) < 4.78 is 0.741. The first-order chi connectivity index (χ1) is 7.83. The highest BCUT2D eigenvalue weighted by molar-refractivity contribution is 7.19. The zero-order valence-corrected chi connectivity index (χ0v) is 9.66. The third-order valence-corrected chi connectivity index (χ3v) is 3.37. The van der Waals surface area contributed by atoms with Gasteiger partial charge in [-0.15, -0.1) is 11.3 Å². The molecule has 0 bridgehead atoms. The average Bonchev–Trinajstić information content (AvgIpc) is 2.75. The molecule has 5 heteroatoms. The summed E-state index contributed by atoms with van der Waals surface area (Å²) in [4.78, 5) is 13.8. The molecule has 3 nitrogen and oxygen atoms in total. The van der Waals surface area contributed by atoms with Gasteiger partial charge in [0.2, 0.25) is 0 Å². The Balaban J connectivity index is 2.18. The van der Waals surface area contributed by atoms with Crippen molar-refractivity contribution in [1.29, 1.82) is 0 Å². The Morgan fingerprint density at radius 3 is 2.81 bits per heavy atom. The average molecular weight is 248 g/mol. The van der Waals surface area contributed by atoms with E-state index < -0.39 is 0 Å². The number of aromatic nitrogens is 3. The van der Waals surface area contributed by atoms with Crippen molar-refractivity contribution in [1.82, 2.24) is 15.0 Å². The molecule has 0 aliphatic carbocycles. The van der Waals surface area contributed by atoms with Crippen LogP contribution in [0.2, 0.25) is 4.34 Å². The molecule has 0 saturated heterocycles. The molecular formula is C11H6ClN3S. The van der Waals surface area contributed by atoms with E-state index in [1.54, 1.807) is 12.4 Å². The summed E-state index contributed by atoms with van der Waals surface area (Å²) in [7, 11) is 0. The molecule has 0 unspecified atom stereocenters. The second-order valence-electron chi connectivity index (χ2n) is 3.21. The van der Waals surface area contributed by atoms with Gasteiger partial charge in [-0.2, -0.15) is 0 Å². The van der Waals surface area contributed by atoms with Crippen LogP contribution in [-0.2, 0) is 0 Å². The largest absolute Gasteiger partial charge is 0.253 e. The Labute approximate surface area is 101 Å². The lowest BCUT2D eigenvalue weighted by atomic mass is 10.3. The molecule has 0 fully saturated rings. The summed E-state index contributed by atoms with van der Waals surface area (Å²) in [5.74, 6) is 0.692. The van der Waals surface area contributed by atoms with Gasteiger partial charge in [-0.1, -0.05) is 11.6 Å². The van der Waals surface area contributed by atoms with Gasteiger partial charge in [0.15, 0.2) is 5.82 Å². The van der Waals surface area contributed by atoms with Crippen molar-refractivity contribution in [2.45, 2.75) is 0 Å². The third kappa shape index (κ3) is 1.66. The van der Waals surface area contributed by atoms with Crippen LogP contribution in [0, 0.1) is 0 Å². The van der Waals surface area contributed by atoms with Gasteiger partial charge in [-0.25, -0.2) is 9.97 Å². The lowest BCUT2D eigenvalue weighted by Gasteiger charge is -1.98. The van der Waals surface area contributed by atoms with Gasteiger partial charge in [-0.05, 0) is 24.3 Å². The Kier molecular flexibility index (Phi) is 2.31. The summed E-state index contributed by atoms with van der Waals surface area (Å²) in [5.41, 5.74) is 1.64. The summed E-state index contributed by atoms with van der Waals surface area (Å²) in [6.07, 6.45) is 3.46. The minimum Gasteiger partial charge on any atom is -0.253 e. The van der Waals surface area contributed by atoms with E-state index in [9.17, 15) is 0 Å². The molecule has 3 aromatic heterocycles. The molecule has 0 radical (unpaired) electrons. The number of thiophene rings is 1. The van der Waals surface area contributed by atoms with E-state index in [0.717, 1.165) is 20.2 Å². The van der Waals surface area contributed by atoms with E-state index in [1.807, 2.05) is 24.3 Å². The number of pyridine rings is 1. The first-order valence-electron chi connectivity index (χ1n) is 4.66. The van der Waals surface area contributed by atoms with Crippen LogP contribution < -0.4 is 0 Å². The quantitative estimate of drug-likeness (QED) is 0.662. The van der Waals surface area contributed by atoms with Crippen LogP contribution in [0.15, 0.2) is 36.7 Å². The molecule has 0 saturated carbocycles. The Hall–Kier alpha value is -1.52. The van der Waals surface area contributed by atoms with Crippen molar-refractivity contribution in [2.75, 3.05) is 0 Å². The second kappa shape index (κ2) is 3.81. The van der Waals surface area contributed by atoms with Gasteiger partial charge >= 0.3 is 0 Å². The zero-order chi connectivity index (χ0) is 11.0. The normalized spacial score (nSPS) is 10.8. The van der Waals surface area contributed by atoms with E-state index in [1.165, 1.54) is 11.3 Å². The summed E-state index contributed by atoms with van der Waals surface area (Å²) in [5, 5.41) is 0. The SMILES string of the molecule is Clc1ccc(-c2ncc3ncccc3n2)s1. The fourth-order valence-corrected chi connectivity index (χ4v) is 2.41. The fourth-order valence-electron chi connectivity index (χ4n) is 1.42. The van der Waals surface area contributed by atoms with Gasteiger partial charge in [0.1, 0.15) is 5.52 Å². The molecule has 0 aliphatic heterocycles. The number of fused-ring (bicyclic) bond motifs is 1. The predicted molar refractivity (Wildman–Crippen MR) is 65.7 cm³/mol. The van der Waals surface area contributed by atoms with Gasteiger partial charge in [0.25, 0.3) is 0 Å². The highest BCUT2D eigenvalue weighted by Gasteiger charge is 2.05. The maximum Gasteiger partial charge on any atom is 0.170 e. The lowest BCUT2D eigenvalue weighted by molar-refractivity contribution is 1.21. The highest BCUT2D eigenvalue weighted by atomic mass is 35.5. The molecule has 0 aliphatic rings. The summed E-state index contributed by atoms with van der Waals surface area (Å²) >= 11 is 7.35. The van der Waals surface area contributed by atoms with Crippen LogP contribution in [0.4, 0.5) is 0 Å². The van der Waals surface area contributed by atoms with Crippen molar-refractivity contribution in [2.24, 2.45) is 0 Å². The molecule has 0 atom stereocenters. The molecule has 3 heterocycles. The summed E-state index contributed by atoms with van der Waals surface area (Å²) in [6, 6.07) is 7.55. The molecule has 78 valence electrons. The predicted octanol–water partition coefficient (Wildman–Crippen LogP) is 3.41. The first-order valence-corrected chi connectivity index (χ1v) is 5.86. The van der Waals surface area contributed by atoms with Crippen LogP contribution in [0.25, 0.3) is 21.7 Å². The first kappa shape index (κ1) is 9.69. The molecule has 0 spiro atoms. The smallest absolute Gasteiger partial charge is 0.170 e. The Morgan fingerprint density at radius 1 is 1.06 bits per heavy atom. The number of hydrogen-bond donors (Lipinski definition) is 0. The van der Waals surface area contributed by atoms with E-state index in [4.69, 9.17) is 11.6 Å². The van der Waals surface area contributed by atoms with E-state index in [0.29, 0.717) is 5.82 Å². The Morgan fingerprint density at radius 2 is 2.00 bits per heavy atom. The van der Waals surface area contributed by atoms with Crippen molar-refractivity contribution in [3.8, 4) is 10.7 Å². The lowest BCUT2D eigenvalue weighted by Crippen LogP contribution is -1.88. The van der Waals surface area contributed by atoms with Crippen LogP contribution >= 0.6 is 22.9 Å². The van der Waals surface area contributed by atoms with Crippen LogP contribution in [0.1, 0.15) is 0 Å². The van der Waals surface area contributed by atoms with E-state index >= 15 is 0 Å². The molecular weight excluding hydrogens is 242 g/mol. The van der Waals surface area contributed by atoms with Crippen LogP contribution in [0.5, 0.6) is 0 Å². The molecule has 0 aromatic carbocycles. The minimum absolute atomic E-state index is 0.692. The van der Waals surface area contributed by atoms with E-state index in [2.05, 4.69) is 15.0 Å². The van der Waals surface area contributed by atoms with Crippen LogP contribution in [-0.4, -0.2) is 15.0 Å². The highest BCUT2D eigenvalue weighted by Crippen LogP contribution is 2.28. The maximum atomic E-state index is 5.88. The fraction of sp³-hybridized carbons (Fsp3) is 0. The zero-order valence-electron chi connectivity index (χ0n) is 8.09. The van der Waals surface area contributed by atoms with Crippen molar-refractivity contribution in [3.63, 3.8) is 0 Å².